The number of pyridine rings is 1. The summed E-state index contributed by atoms with van der Waals surface area (Å²) in [7, 11) is 0. The van der Waals surface area contributed by atoms with Gasteiger partial charge in [-0.2, -0.15) is 0 Å². The van der Waals surface area contributed by atoms with E-state index in [1.54, 1.807) is 5.38 Å². The van der Waals surface area contributed by atoms with Crippen molar-refractivity contribution in [3.05, 3.63) is 48.3 Å². The van der Waals surface area contributed by atoms with Crippen molar-refractivity contribution in [2.75, 3.05) is 5.32 Å². The highest BCUT2D eigenvalue weighted by molar-refractivity contribution is 7.17. The molecule has 3 rings (SSSR count). The van der Waals surface area contributed by atoms with Crippen LogP contribution in [0.1, 0.15) is 22.3 Å². The van der Waals surface area contributed by atoms with E-state index in [0.717, 1.165) is 9.75 Å². The Labute approximate surface area is 187 Å². The molecule has 2 N–H and O–H groups in total. The molecule has 12 heteroatoms. The third-order valence-electron chi connectivity index (χ3n) is 3.35. The van der Waals surface area contributed by atoms with E-state index in [9.17, 15) is 9.59 Å². The molecule has 0 saturated heterocycles. The minimum Gasteiger partial charge on any atom is -0.351 e. The van der Waals surface area contributed by atoms with Crippen LogP contribution in [0.2, 0.25) is 20.2 Å². The largest absolute Gasteiger partial charge is 0.351 e. The second-order valence-corrected chi connectivity index (χ2v) is 8.88. The molecule has 0 saturated carbocycles. The number of thiazole rings is 1. The van der Waals surface area contributed by atoms with Crippen LogP contribution in [0.15, 0.2) is 17.5 Å². The SMILES string of the molecule is CC(=O)NCc1ccc(-c2csc(NC(=O)c3nc(Cl)c(Cl)c(Cl)c3Cl)n2)s1. The van der Waals surface area contributed by atoms with Crippen molar-refractivity contribution >= 4 is 86.0 Å². The fourth-order valence-electron chi connectivity index (χ4n) is 2.06. The third-order valence-corrected chi connectivity index (χ3v) is 6.89. The van der Waals surface area contributed by atoms with Gasteiger partial charge in [-0.15, -0.1) is 22.7 Å². The highest BCUT2D eigenvalue weighted by atomic mass is 35.5. The van der Waals surface area contributed by atoms with Crippen LogP contribution < -0.4 is 10.6 Å². The second-order valence-electron chi connectivity index (χ2n) is 5.36. The van der Waals surface area contributed by atoms with Gasteiger partial charge in [0.2, 0.25) is 5.91 Å². The molecule has 0 aromatic carbocycles. The molecule has 0 aliphatic carbocycles. The molecule has 0 aliphatic rings. The number of carbonyl (C=O) groups is 2. The third kappa shape index (κ3) is 4.76. The van der Waals surface area contributed by atoms with Crippen LogP contribution in [-0.2, 0) is 11.3 Å². The van der Waals surface area contributed by atoms with Crippen LogP contribution in [0, 0.1) is 0 Å². The summed E-state index contributed by atoms with van der Waals surface area (Å²) in [5.74, 6) is -0.702. The quantitative estimate of drug-likeness (QED) is 0.440. The van der Waals surface area contributed by atoms with E-state index in [4.69, 9.17) is 46.4 Å². The molecular weight excluding hydrogens is 486 g/mol. The lowest BCUT2D eigenvalue weighted by Gasteiger charge is -2.07. The number of nitrogens with zero attached hydrogens (tertiary/aromatic N) is 2. The predicted octanol–water partition coefficient (Wildman–Crippen LogP) is 5.77. The zero-order chi connectivity index (χ0) is 20.4. The van der Waals surface area contributed by atoms with Gasteiger partial charge in [0.05, 0.1) is 32.2 Å². The van der Waals surface area contributed by atoms with Crippen LogP contribution in [0.3, 0.4) is 0 Å². The summed E-state index contributed by atoms with van der Waals surface area (Å²) in [6.07, 6.45) is 0. The Hall–Kier alpha value is -1.42. The Bertz CT molecular complexity index is 1070. The van der Waals surface area contributed by atoms with Crippen LogP contribution in [0.25, 0.3) is 10.6 Å². The molecular formula is C16H10Cl4N4O2S2. The maximum absolute atomic E-state index is 12.5. The summed E-state index contributed by atoms with van der Waals surface area (Å²) >= 11 is 26.5. The summed E-state index contributed by atoms with van der Waals surface area (Å²) in [5, 5.41) is 7.25. The molecule has 3 aromatic rings. The summed E-state index contributed by atoms with van der Waals surface area (Å²) in [5.41, 5.74) is 0.553. The lowest BCUT2D eigenvalue weighted by molar-refractivity contribution is -0.119. The highest BCUT2D eigenvalue weighted by Gasteiger charge is 2.21. The van der Waals surface area contributed by atoms with Gasteiger partial charge in [-0.3, -0.25) is 14.9 Å². The van der Waals surface area contributed by atoms with Gasteiger partial charge in [0.15, 0.2) is 10.8 Å². The molecule has 0 spiro atoms. The van der Waals surface area contributed by atoms with E-state index < -0.39 is 5.91 Å². The van der Waals surface area contributed by atoms with E-state index in [2.05, 4.69) is 20.6 Å². The molecule has 3 heterocycles. The fourth-order valence-corrected chi connectivity index (χ4v) is 4.56. The van der Waals surface area contributed by atoms with Crippen LogP contribution in [0.5, 0.6) is 0 Å². The Morgan fingerprint density at radius 1 is 1.07 bits per heavy atom. The lowest BCUT2D eigenvalue weighted by atomic mass is 10.3. The van der Waals surface area contributed by atoms with E-state index >= 15 is 0 Å². The average molecular weight is 496 g/mol. The number of thiophene rings is 1. The smallest absolute Gasteiger partial charge is 0.277 e. The van der Waals surface area contributed by atoms with E-state index in [0.29, 0.717) is 17.4 Å². The second kappa shape index (κ2) is 8.94. The van der Waals surface area contributed by atoms with Gasteiger partial charge in [-0.05, 0) is 12.1 Å². The summed E-state index contributed by atoms with van der Waals surface area (Å²) in [6.45, 7) is 1.92. The Morgan fingerprint density at radius 3 is 2.54 bits per heavy atom. The van der Waals surface area contributed by atoms with E-state index in [-0.39, 0.29) is 31.8 Å². The zero-order valence-corrected chi connectivity index (χ0v) is 18.6. The van der Waals surface area contributed by atoms with Crippen molar-refractivity contribution < 1.29 is 9.59 Å². The number of hydrogen-bond acceptors (Lipinski definition) is 6. The number of carbonyl (C=O) groups excluding carboxylic acids is 2. The molecule has 6 nitrogen and oxygen atoms in total. The fraction of sp³-hybridized carbons (Fsp3) is 0.125. The van der Waals surface area contributed by atoms with Crippen molar-refractivity contribution in [1.82, 2.24) is 15.3 Å². The first-order chi connectivity index (χ1) is 13.3. The molecule has 0 radical (unpaired) electrons. The Morgan fingerprint density at radius 2 is 1.82 bits per heavy atom. The normalized spacial score (nSPS) is 10.8. The monoisotopic (exact) mass is 494 g/mol. The number of nitrogens with one attached hydrogen (secondary N) is 2. The minimum absolute atomic E-state index is 0.0193. The molecule has 28 heavy (non-hydrogen) atoms. The van der Waals surface area contributed by atoms with Gasteiger partial charge >= 0.3 is 0 Å². The number of halogens is 4. The van der Waals surface area contributed by atoms with E-state index in [1.807, 2.05) is 12.1 Å². The standard InChI is InChI=1S/C16H10Cl4N4O2S2/c1-6(25)21-4-7-2-3-9(28-7)8-5-27-16(22-8)24-15(26)13-11(18)10(17)12(19)14(20)23-13/h2-3,5H,4H2,1H3,(H,21,25)(H,22,24,26). The number of aromatic nitrogens is 2. The van der Waals surface area contributed by atoms with Crippen molar-refractivity contribution in [2.45, 2.75) is 13.5 Å². The van der Waals surface area contributed by atoms with Crippen LogP contribution >= 0.6 is 69.1 Å². The molecule has 0 fully saturated rings. The van der Waals surface area contributed by atoms with Crippen molar-refractivity contribution in [2.24, 2.45) is 0 Å². The molecule has 2 amide bonds. The van der Waals surface area contributed by atoms with Crippen molar-refractivity contribution in [3.8, 4) is 10.6 Å². The van der Waals surface area contributed by atoms with Crippen molar-refractivity contribution in [1.29, 1.82) is 0 Å². The van der Waals surface area contributed by atoms with Gasteiger partial charge in [0.1, 0.15) is 5.15 Å². The molecule has 0 bridgehead atoms. The highest BCUT2D eigenvalue weighted by Crippen LogP contribution is 2.36. The number of rotatable bonds is 5. The van der Waals surface area contributed by atoms with Gasteiger partial charge in [-0.1, -0.05) is 46.4 Å². The maximum Gasteiger partial charge on any atom is 0.277 e. The first kappa shape index (κ1) is 21.3. The molecule has 3 aromatic heterocycles. The van der Waals surface area contributed by atoms with Crippen LogP contribution in [-0.4, -0.2) is 21.8 Å². The number of amides is 2. The molecule has 146 valence electrons. The molecule has 0 unspecified atom stereocenters. The van der Waals surface area contributed by atoms with Gasteiger partial charge < -0.3 is 5.32 Å². The van der Waals surface area contributed by atoms with Gasteiger partial charge in [0, 0.05) is 17.2 Å². The maximum atomic E-state index is 12.5. The summed E-state index contributed by atoms with van der Waals surface area (Å²) in [6, 6.07) is 3.81. The van der Waals surface area contributed by atoms with Gasteiger partial charge in [0.25, 0.3) is 5.91 Å². The van der Waals surface area contributed by atoms with Crippen LogP contribution in [0.4, 0.5) is 5.13 Å². The Balaban J connectivity index is 1.75. The first-order valence-electron chi connectivity index (χ1n) is 7.56. The van der Waals surface area contributed by atoms with Crippen molar-refractivity contribution in [3.63, 3.8) is 0 Å². The molecule has 0 atom stereocenters. The summed E-state index contributed by atoms with van der Waals surface area (Å²) < 4.78 is 0. The average Bonchev–Trinajstić information content (AvgIpc) is 3.30. The van der Waals surface area contributed by atoms with E-state index in [1.165, 1.54) is 29.6 Å². The predicted molar refractivity (Wildman–Crippen MR) is 115 cm³/mol. The molecule has 0 aliphatic heterocycles. The lowest BCUT2D eigenvalue weighted by Crippen LogP contribution is -2.17. The topological polar surface area (TPSA) is 84.0 Å². The summed E-state index contributed by atoms with van der Waals surface area (Å²) in [4.78, 5) is 33.6. The first-order valence-corrected chi connectivity index (χ1v) is 10.8. The van der Waals surface area contributed by atoms with Gasteiger partial charge in [-0.25, -0.2) is 9.97 Å². The Kier molecular flexibility index (Phi) is 6.80. The number of hydrogen-bond donors (Lipinski definition) is 2. The number of anilines is 1. The minimum atomic E-state index is -0.608. The zero-order valence-electron chi connectivity index (χ0n) is 14.0.